The maximum atomic E-state index is 13.9. The van der Waals surface area contributed by atoms with Crippen molar-refractivity contribution in [3.05, 3.63) is 98.8 Å². The van der Waals surface area contributed by atoms with Gasteiger partial charge in [0, 0.05) is 44.4 Å². The van der Waals surface area contributed by atoms with Gasteiger partial charge in [0.25, 0.3) is 0 Å². The van der Waals surface area contributed by atoms with Crippen molar-refractivity contribution in [3.8, 4) is 5.75 Å². The van der Waals surface area contributed by atoms with Crippen LogP contribution < -0.4 is 10.2 Å². The second kappa shape index (κ2) is 10.1. The zero-order valence-electron chi connectivity index (χ0n) is 17.1. The van der Waals surface area contributed by atoms with Gasteiger partial charge in [-0.2, -0.15) is 0 Å². The van der Waals surface area contributed by atoms with Crippen LogP contribution in [0.15, 0.2) is 70.1 Å². The molecule has 0 spiro atoms. The van der Waals surface area contributed by atoms with Crippen LogP contribution in [0, 0.1) is 5.82 Å². The van der Waals surface area contributed by atoms with Crippen LogP contribution >= 0.6 is 11.6 Å². The smallest absolute Gasteiger partial charge is 0.227 e. The highest BCUT2D eigenvalue weighted by Crippen LogP contribution is 2.21. The summed E-state index contributed by atoms with van der Waals surface area (Å²) < 4.78 is 24.9. The normalized spacial score (nSPS) is 15.2. The van der Waals surface area contributed by atoms with Gasteiger partial charge in [0.2, 0.25) is 11.2 Å². The third-order valence-corrected chi connectivity index (χ3v) is 5.73. The summed E-state index contributed by atoms with van der Waals surface area (Å²) in [5.41, 5.74) is 1.23. The Balaban J connectivity index is 1.29. The van der Waals surface area contributed by atoms with Gasteiger partial charge in [0.15, 0.2) is 0 Å². The highest BCUT2D eigenvalue weighted by Gasteiger charge is 2.18. The summed E-state index contributed by atoms with van der Waals surface area (Å²) in [7, 11) is 0. The van der Waals surface area contributed by atoms with Crippen molar-refractivity contribution in [2.45, 2.75) is 19.7 Å². The van der Waals surface area contributed by atoms with Gasteiger partial charge in [-0.15, -0.1) is 0 Å². The zero-order chi connectivity index (χ0) is 21.6. The van der Waals surface area contributed by atoms with Gasteiger partial charge in [-0.3, -0.25) is 14.6 Å². The molecule has 0 bridgehead atoms. The lowest BCUT2D eigenvalue weighted by Crippen LogP contribution is -2.45. The third-order valence-electron chi connectivity index (χ3n) is 5.38. The van der Waals surface area contributed by atoms with Gasteiger partial charge in [-0.25, -0.2) is 4.39 Å². The first kappa shape index (κ1) is 21.6. The van der Waals surface area contributed by atoms with Gasteiger partial charge in [-0.05, 0) is 17.7 Å². The molecule has 2 aromatic carbocycles. The summed E-state index contributed by atoms with van der Waals surface area (Å²) in [6.45, 7) is 5.10. The van der Waals surface area contributed by atoms with Gasteiger partial charge >= 0.3 is 0 Å². The van der Waals surface area contributed by atoms with Crippen molar-refractivity contribution >= 4 is 11.6 Å². The highest BCUT2D eigenvalue weighted by atomic mass is 35.5. The number of ether oxygens (including phenoxy) is 1. The van der Waals surface area contributed by atoms with Crippen LogP contribution in [0.25, 0.3) is 0 Å². The van der Waals surface area contributed by atoms with Gasteiger partial charge in [-0.1, -0.05) is 48.0 Å². The van der Waals surface area contributed by atoms with E-state index in [4.69, 9.17) is 20.8 Å². The molecule has 5 nitrogen and oxygen atoms in total. The molecular formula is C24H24ClFN2O3. The average molecular weight is 443 g/mol. The van der Waals surface area contributed by atoms with Crippen molar-refractivity contribution in [1.29, 1.82) is 0 Å². The SMILES string of the molecule is O=c1cc(CN2CCN(Cc3ccccc3)CC2)occ1OCc1c(F)cccc1Cl. The molecule has 4 rings (SSSR count). The Labute approximate surface area is 185 Å². The van der Waals surface area contributed by atoms with Crippen LogP contribution in [0.1, 0.15) is 16.9 Å². The molecule has 1 aliphatic rings. The second-order valence-corrected chi connectivity index (χ2v) is 8.01. The number of benzene rings is 2. The number of hydrogen-bond donors (Lipinski definition) is 0. The molecule has 7 heteroatoms. The van der Waals surface area contributed by atoms with Gasteiger partial charge in [0.1, 0.15) is 24.4 Å². The predicted molar refractivity (Wildman–Crippen MR) is 118 cm³/mol. The highest BCUT2D eigenvalue weighted by molar-refractivity contribution is 6.31. The Morgan fingerprint density at radius 1 is 0.968 bits per heavy atom. The third kappa shape index (κ3) is 5.73. The molecule has 0 N–H and O–H groups in total. The molecule has 0 unspecified atom stereocenters. The minimum absolute atomic E-state index is 0.0377. The first-order valence-electron chi connectivity index (χ1n) is 10.2. The monoisotopic (exact) mass is 442 g/mol. The number of rotatable bonds is 7. The van der Waals surface area contributed by atoms with Crippen LogP contribution in [0.5, 0.6) is 5.75 Å². The lowest BCUT2D eigenvalue weighted by molar-refractivity contribution is 0.115. The fourth-order valence-corrected chi connectivity index (χ4v) is 3.83. The number of piperazine rings is 1. The van der Waals surface area contributed by atoms with Gasteiger partial charge < -0.3 is 9.15 Å². The van der Waals surface area contributed by atoms with E-state index in [2.05, 4.69) is 34.1 Å². The van der Waals surface area contributed by atoms with Crippen LogP contribution in [0.3, 0.4) is 0 Å². The summed E-state index contributed by atoms with van der Waals surface area (Å²) in [5, 5.41) is 0.257. The lowest BCUT2D eigenvalue weighted by atomic mass is 10.2. The van der Waals surface area contributed by atoms with Crippen molar-refractivity contribution in [2.24, 2.45) is 0 Å². The standard InChI is InChI=1S/C24H24ClFN2O3/c25-21-7-4-8-22(26)20(21)16-31-24-17-30-19(13-23(24)29)15-28-11-9-27(10-12-28)14-18-5-2-1-3-6-18/h1-8,13,17H,9-12,14-16H2. The zero-order valence-corrected chi connectivity index (χ0v) is 17.9. The van der Waals surface area contributed by atoms with E-state index in [9.17, 15) is 9.18 Å². The lowest BCUT2D eigenvalue weighted by Gasteiger charge is -2.34. The quantitative estimate of drug-likeness (QED) is 0.545. The molecule has 0 amide bonds. The maximum Gasteiger partial charge on any atom is 0.227 e. The number of halogens is 2. The second-order valence-electron chi connectivity index (χ2n) is 7.60. The molecule has 0 radical (unpaired) electrons. The Bertz CT molecular complexity index is 1050. The Morgan fingerprint density at radius 3 is 2.35 bits per heavy atom. The van der Waals surface area contributed by atoms with E-state index in [1.54, 1.807) is 6.07 Å². The first-order chi connectivity index (χ1) is 15.1. The van der Waals surface area contributed by atoms with Crippen molar-refractivity contribution in [2.75, 3.05) is 26.2 Å². The molecule has 31 heavy (non-hydrogen) atoms. The molecule has 0 saturated carbocycles. The van der Waals surface area contributed by atoms with E-state index in [1.165, 1.54) is 30.0 Å². The minimum atomic E-state index is -0.472. The summed E-state index contributed by atoms with van der Waals surface area (Å²) in [6, 6.07) is 16.3. The summed E-state index contributed by atoms with van der Waals surface area (Å²) in [5.74, 6) is 0.147. The summed E-state index contributed by atoms with van der Waals surface area (Å²) in [6.07, 6.45) is 1.29. The van der Waals surface area contributed by atoms with Crippen LogP contribution in [0.2, 0.25) is 5.02 Å². The Kier molecular flexibility index (Phi) is 7.02. The topological polar surface area (TPSA) is 45.9 Å². The van der Waals surface area contributed by atoms with Crippen LogP contribution in [0.4, 0.5) is 4.39 Å². The summed E-state index contributed by atoms with van der Waals surface area (Å²) >= 11 is 5.99. The van der Waals surface area contributed by atoms with Crippen LogP contribution in [-0.2, 0) is 19.7 Å². The van der Waals surface area contributed by atoms with E-state index < -0.39 is 5.82 Å². The molecular weight excluding hydrogens is 419 g/mol. The minimum Gasteiger partial charge on any atom is -0.482 e. The van der Waals surface area contributed by atoms with Crippen LogP contribution in [-0.4, -0.2) is 36.0 Å². The fraction of sp³-hybridized carbons (Fsp3) is 0.292. The molecule has 0 atom stereocenters. The Morgan fingerprint density at radius 2 is 1.68 bits per heavy atom. The van der Waals surface area contributed by atoms with E-state index in [1.807, 2.05) is 6.07 Å². The molecule has 3 aromatic rings. The van der Waals surface area contributed by atoms with E-state index in [0.29, 0.717) is 12.3 Å². The van der Waals surface area contributed by atoms with E-state index in [0.717, 1.165) is 32.7 Å². The molecule has 2 heterocycles. The van der Waals surface area contributed by atoms with Crippen molar-refractivity contribution < 1.29 is 13.5 Å². The number of nitrogens with zero attached hydrogens (tertiary/aromatic N) is 2. The average Bonchev–Trinajstić information content (AvgIpc) is 2.77. The van der Waals surface area contributed by atoms with Crippen molar-refractivity contribution in [1.82, 2.24) is 9.80 Å². The molecule has 1 saturated heterocycles. The first-order valence-corrected chi connectivity index (χ1v) is 10.6. The molecule has 1 aromatic heterocycles. The molecule has 0 aliphatic carbocycles. The Hall–Kier alpha value is -2.67. The fourth-order valence-electron chi connectivity index (χ4n) is 3.61. The molecule has 162 valence electrons. The molecule has 1 fully saturated rings. The van der Waals surface area contributed by atoms with Gasteiger partial charge in [0.05, 0.1) is 11.6 Å². The van der Waals surface area contributed by atoms with E-state index in [-0.39, 0.29) is 28.4 Å². The summed E-state index contributed by atoms with van der Waals surface area (Å²) in [4.78, 5) is 17.1. The predicted octanol–water partition coefficient (Wildman–Crippen LogP) is 4.33. The molecule has 1 aliphatic heterocycles. The largest absolute Gasteiger partial charge is 0.482 e. The van der Waals surface area contributed by atoms with Crippen molar-refractivity contribution in [3.63, 3.8) is 0 Å². The maximum absolute atomic E-state index is 13.9. The van der Waals surface area contributed by atoms with E-state index >= 15 is 0 Å². The number of hydrogen-bond acceptors (Lipinski definition) is 5.